The largest absolute Gasteiger partial charge is 0.497 e. The molecular weight excluding hydrogens is 398 g/mol. The molecule has 1 aromatic heterocycles. The molecule has 31 heavy (non-hydrogen) atoms. The normalized spacial score (nSPS) is 12.4. The van der Waals surface area contributed by atoms with Crippen LogP contribution in [-0.2, 0) is 0 Å². The van der Waals surface area contributed by atoms with Crippen molar-refractivity contribution in [2.45, 2.75) is 13.2 Å². The van der Waals surface area contributed by atoms with Crippen LogP contribution in [0.1, 0.15) is 22.8 Å². The molecule has 0 spiro atoms. The van der Waals surface area contributed by atoms with E-state index in [0.29, 0.717) is 22.5 Å². The van der Waals surface area contributed by atoms with E-state index in [9.17, 15) is 4.79 Å². The molecule has 0 aliphatic rings. The van der Waals surface area contributed by atoms with Crippen molar-refractivity contribution in [3.05, 3.63) is 53.8 Å². The van der Waals surface area contributed by atoms with E-state index in [2.05, 4.69) is 0 Å². The zero-order chi connectivity index (χ0) is 22.5. The predicted octanol–water partition coefficient (Wildman–Crippen LogP) is 4.64. The number of methoxy groups -OCH3 is 3. The first kappa shape index (κ1) is 22.2. The maximum absolute atomic E-state index is 13.4. The molecular formula is C24H27NO6. The average molecular weight is 425 g/mol. The summed E-state index contributed by atoms with van der Waals surface area (Å²) in [6.07, 6.45) is 4.41. The van der Waals surface area contributed by atoms with Gasteiger partial charge in [-0.3, -0.25) is 9.69 Å². The number of carbonyl (C=O) groups is 1. The lowest BCUT2D eigenvalue weighted by Gasteiger charge is -2.24. The van der Waals surface area contributed by atoms with E-state index in [-0.39, 0.29) is 23.3 Å². The molecule has 0 bridgehead atoms. The van der Waals surface area contributed by atoms with Crippen LogP contribution in [0.5, 0.6) is 23.0 Å². The van der Waals surface area contributed by atoms with E-state index in [1.54, 1.807) is 19.3 Å². The van der Waals surface area contributed by atoms with Crippen molar-refractivity contribution >= 4 is 22.8 Å². The first-order chi connectivity index (χ1) is 14.9. The number of rotatable bonds is 9. The van der Waals surface area contributed by atoms with Crippen molar-refractivity contribution in [1.82, 2.24) is 4.90 Å². The van der Waals surface area contributed by atoms with Gasteiger partial charge in [-0.05, 0) is 50.9 Å². The highest BCUT2D eigenvalue weighted by Crippen LogP contribution is 2.47. The molecule has 1 unspecified atom stereocenters. The zero-order valence-corrected chi connectivity index (χ0v) is 18.6. The van der Waals surface area contributed by atoms with E-state index < -0.39 is 0 Å². The van der Waals surface area contributed by atoms with Gasteiger partial charge in [0.15, 0.2) is 17.1 Å². The number of hydrogen-bond donors (Lipinski definition) is 0. The highest BCUT2D eigenvalue weighted by atomic mass is 16.5. The first-order valence-electron chi connectivity index (χ1n) is 9.75. The number of hydrogen-bond acceptors (Lipinski definition) is 7. The number of carbonyl (C=O) groups excluding carboxylic acids is 1. The molecule has 0 N–H and O–H groups in total. The van der Waals surface area contributed by atoms with Crippen molar-refractivity contribution in [3.63, 3.8) is 0 Å². The Bertz CT molecular complexity index is 1080. The molecule has 0 amide bonds. The van der Waals surface area contributed by atoms with Crippen LogP contribution in [0, 0.1) is 0 Å². The summed E-state index contributed by atoms with van der Waals surface area (Å²) in [6.45, 7) is 1.87. The molecule has 0 saturated heterocycles. The van der Waals surface area contributed by atoms with Crippen molar-refractivity contribution in [2.75, 3.05) is 35.4 Å². The molecule has 7 nitrogen and oxygen atoms in total. The number of furan rings is 1. The minimum atomic E-state index is -0.330. The van der Waals surface area contributed by atoms with Crippen LogP contribution in [0.3, 0.4) is 0 Å². The third kappa shape index (κ3) is 4.51. The fourth-order valence-electron chi connectivity index (χ4n) is 3.10. The fraction of sp³-hybridized carbons (Fsp3) is 0.292. The van der Waals surface area contributed by atoms with E-state index in [0.717, 1.165) is 11.3 Å². The number of fused-ring (bicyclic) bond motifs is 1. The van der Waals surface area contributed by atoms with Gasteiger partial charge in [-0.15, -0.1) is 0 Å². The minimum absolute atomic E-state index is 0.270. The lowest BCUT2D eigenvalue weighted by molar-refractivity contribution is 0.0761. The summed E-state index contributed by atoms with van der Waals surface area (Å²) < 4.78 is 28.1. The summed E-state index contributed by atoms with van der Waals surface area (Å²) in [6, 6.07) is 9.13. The van der Waals surface area contributed by atoms with Gasteiger partial charge in [0.25, 0.3) is 0 Å². The lowest BCUT2D eigenvalue weighted by atomic mass is 10.0. The van der Waals surface area contributed by atoms with E-state index in [1.807, 2.05) is 50.2 Å². The van der Waals surface area contributed by atoms with Gasteiger partial charge in [-0.2, -0.15) is 0 Å². The molecule has 7 heteroatoms. The number of benzene rings is 2. The minimum Gasteiger partial charge on any atom is -0.497 e. The highest BCUT2D eigenvalue weighted by Gasteiger charge is 2.29. The van der Waals surface area contributed by atoms with Crippen LogP contribution < -0.4 is 18.9 Å². The van der Waals surface area contributed by atoms with Crippen LogP contribution in [0.15, 0.2) is 47.1 Å². The molecule has 0 fully saturated rings. The van der Waals surface area contributed by atoms with Crippen molar-refractivity contribution in [1.29, 1.82) is 0 Å². The van der Waals surface area contributed by atoms with E-state index in [4.69, 9.17) is 23.4 Å². The number of allylic oxidation sites excluding steroid dienone is 1. The molecule has 0 saturated carbocycles. The zero-order valence-electron chi connectivity index (χ0n) is 18.6. The number of nitrogens with zero attached hydrogens (tertiary/aromatic N) is 1. The molecule has 164 valence electrons. The Morgan fingerprint density at radius 2 is 1.65 bits per heavy atom. The maximum atomic E-state index is 13.4. The van der Waals surface area contributed by atoms with Gasteiger partial charge in [0, 0.05) is 0 Å². The third-order valence-corrected chi connectivity index (χ3v) is 4.99. The molecule has 3 rings (SSSR count). The standard InChI is InChI=1S/C24H27NO6/c1-15(25(2)3)31-23-20(19(26)12-9-16-7-10-17(27-4)11-8-16)21(28-5)18-13-14-30-22(18)24(23)29-6/h7-15H,1-6H3/b12-9+. The quantitative estimate of drug-likeness (QED) is 0.281. The predicted molar refractivity (Wildman–Crippen MR) is 119 cm³/mol. The van der Waals surface area contributed by atoms with Gasteiger partial charge >= 0.3 is 0 Å². The Labute approximate surface area is 181 Å². The number of ether oxygens (including phenoxy) is 4. The van der Waals surface area contributed by atoms with Crippen molar-refractivity contribution < 1.29 is 28.2 Å². The summed E-state index contributed by atoms with van der Waals surface area (Å²) in [5.41, 5.74) is 1.58. The summed E-state index contributed by atoms with van der Waals surface area (Å²) in [7, 11) is 8.39. The van der Waals surface area contributed by atoms with Gasteiger partial charge in [-0.1, -0.05) is 18.2 Å². The molecule has 0 aliphatic carbocycles. The average Bonchev–Trinajstić information content (AvgIpc) is 3.26. The van der Waals surface area contributed by atoms with E-state index >= 15 is 0 Å². The lowest BCUT2D eigenvalue weighted by Crippen LogP contribution is -2.30. The Hall–Kier alpha value is -3.45. The second-order valence-electron chi connectivity index (χ2n) is 7.09. The van der Waals surface area contributed by atoms with Gasteiger partial charge in [0.05, 0.1) is 33.0 Å². The van der Waals surface area contributed by atoms with Crippen LogP contribution >= 0.6 is 0 Å². The van der Waals surface area contributed by atoms with Gasteiger partial charge in [-0.25, -0.2) is 0 Å². The van der Waals surface area contributed by atoms with Gasteiger partial charge in [0.2, 0.25) is 5.75 Å². The van der Waals surface area contributed by atoms with Crippen molar-refractivity contribution in [3.8, 4) is 23.0 Å². The van der Waals surface area contributed by atoms with Gasteiger partial charge < -0.3 is 23.4 Å². The SMILES string of the molecule is COc1ccc(/C=C/C(=O)c2c(OC(C)N(C)C)c(OC)c3occc3c2OC)cc1. The maximum Gasteiger partial charge on any atom is 0.205 e. The van der Waals surface area contributed by atoms with Crippen molar-refractivity contribution in [2.24, 2.45) is 0 Å². The smallest absolute Gasteiger partial charge is 0.205 e. The molecule has 1 atom stereocenters. The molecule has 0 radical (unpaired) electrons. The third-order valence-electron chi connectivity index (χ3n) is 4.99. The van der Waals surface area contributed by atoms with Gasteiger partial charge in [0.1, 0.15) is 23.3 Å². The Morgan fingerprint density at radius 3 is 2.23 bits per heavy atom. The fourth-order valence-corrected chi connectivity index (χ4v) is 3.10. The Balaban J connectivity index is 2.13. The van der Waals surface area contributed by atoms with Crippen LogP contribution in [0.25, 0.3) is 17.0 Å². The molecule has 0 aliphatic heterocycles. The summed E-state index contributed by atoms with van der Waals surface area (Å²) >= 11 is 0. The first-order valence-corrected chi connectivity index (χ1v) is 9.75. The highest BCUT2D eigenvalue weighted by molar-refractivity contribution is 6.15. The van der Waals surface area contributed by atoms with Crippen LogP contribution in [-0.4, -0.2) is 52.3 Å². The molecule has 3 aromatic rings. The van der Waals surface area contributed by atoms with Crippen LogP contribution in [0.4, 0.5) is 0 Å². The van der Waals surface area contributed by atoms with Crippen LogP contribution in [0.2, 0.25) is 0 Å². The topological polar surface area (TPSA) is 70.4 Å². The number of ketones is 1. The Morgan fingerprint density at radius 1 is 0.968 bits per heavy atom. The second-order valence-corrected chi connectivity index (χ2v) is 7.09. The summed E-state index contributed by atoms with van der Waals surface area (Å²) in [5, 5.41) is 0.630. The summed E-state index contributed by atoms with van der Waals surface area (Å²) in [4.78, 5) is 15.2. The second kappa shape index (κ2) is 9.57. The van der Waals surface area contributed by atoms with E-state index in [1.165, 1.54) is 26.6 Å². The molecule has 1 heterocycles. The monoisotopic (exact) mass is 425 g/mol. The summed E-state index contributed by atoms with van der Waals surface area (Å²) in [5.74, 6) is 1.45. The molecule has 2 aromatic carbocycles. The Kier molecular flexibility index (Phi) is 6.87.